The summed E-state index contributed by atoms with van der Waals surface area (Å²) in [5.41, 5.74) is 0.928. The van der Waals surface area contributed by atoms with Crippen LogP contribution in [0.2, 0.25) is 0 Å². The second-order valence-electron chi connectivity index (χ2n) is 6.18. The van der Waals surface area contributed by atoms with Crippen LogP contribution in [0.1, 0.15) is 18.4 Å². The number of benzene rings is 1. The maximum Gasteiger partial charge on any atom is 0.266 e. The monoisotopic (exact) mass is 422 g/mol. The zero-order valence-corrected chi connectivity index (χ0v) is 16.8. The molecule has 2 heterocycles. The summed E-state index contributed by atoms with van der Waals surface area (Å²) < 4.78 is 23.2. The van der Waals surface area contributed by atoms with E-state index in [0.717, 1.165) is 11.0 Å². The van der Waals surface area contributed by atoms with Crippen LogP contribution < -0.4 is 5.32 Å². The summed E-state index contributed by atoms with van der Waals surface area (Å²) in [5.74, 6) is -0.497. The van der Waals surface area contributed by atoms with Crippen LogP contribution in [0.25, 0.3) is 6.08 Å². The molecule has 0 bridgehead atoms. The zero-order chi connectivity index (χ0) is 19.4. The number of rotatable bonds is 6. The van der Waals surface area contributed by atoms with Crippen LogP contribution >= 0.6 is 24.0 Å². The third-order valence-corrected chi connectivity index (χ3v) is 6.81. The van der Waals surface area contributed by atoms with Gasteiger partial charge in [-0.1, -0.05) is 54.3 Å². The molecule has 1 aromatic carbocycles. The highest BCUT2D eigenvalue weighted by Crippen LogP contribution is 2.32. The van der Waals surface area contributed by atoms with E-state index in [0.29, 0.717) is 22.2 Å². The zero-order valence-electron chi connectivity index (χ0n) is 14.3. The van der Waals surface area contributed by atoms with Crippen molar-refractivity contribution < 1.29 is 18.0 Å². The first-order valence-corrected chi connectivity index (χ1v) is 11.3. The molecule has 0 aliphatic carbocycles. The van der Waals surface area contributed by atoms with Gasteiger partial charge in [0.1, 0.15) is 4.32 Å². The summed E-state index contributed by atoms with van der Waals surface area (Å²) in [6, 6.07) is 9.05. The van der Waals surface area contributed by atoms with Gasteiger partial charge >= 0.3 is 0 Å². The third kappa shape index (κ3) is 5.27. The second-order valence-corrected chi connectivity index (χ2v) is 9.79. The minimum Gasteiger partial charge on any atom is -0.349 e. The van der Waals surface area contributed by atoms with E-state index in [9.17, 15) is 18.0 Å². The summed E-state index contributed by atoms with van der Waals surface area (Å²) in [7, 11) is -3.20. The number of carbonyl (C=O) groups excluding carboxylic acids is 2. The van der Waals surface area contributed by atoms with Crippen molar-refractivity contribution in [2.45, 2.75) is 18.9 Å². The predicted octanol–water partition coefficient (Wildman–Crippen LogP) is 2.09. The molecular weight excluding hydrogens is 404 g/mol. The van der Waals surface area contributed by atoms with E-state index in [4.69, 9.17) is 12.2 Å². The Kier molecular flexibility index (Phi) is 6.13. The first kappa shape index (κ1) is 19.8. The molecule has 1 fully saturated rings. The van der Waals surface area contributed by atoms with Crippen LogP contribution in [0.4, 0.5) is 0 Å². The Morgan fingerprint density at radius 3 is 2.74 bits per heavy atom. The Labute approximate surface area is 167 Å². The van der Waals surface area contributed by atoms with Gasteiger partial charge in [-0.15, -0.1) is 0 Å². The minimum absolute atomic E-state index is 0.0995. The maximum atomic E-state index is 12.5. The SMILES string of the molecule is O=C(CCCN1C(=O)/C(=C\c2ccccc2)SC1=S)N[C@H]1C=CS(=O)(=O)C1. The summed E-state index contributed by atoms with van der Waals surface area (Å²) in [4.78, 5) is 26.5. The number of thiocarbonyl (C=S) groups is 1. The molecule has 3 rings (SSSR count). The molecule has 1 atom stereocenters. The van der Waals surface area contributed by atoms with Gasteiger partial charge in [0.25, 0.3) is 5.91 Å². The molecule has 2 amide bonds. The lowest BCUT2D eigenvalue weighted by molar-refractivity contribution is -0.124. The summed E-state index contributed by atoms with van der Waals surface area (Å²) in [6.07, 6.45) is 3.92. The molecule has 0 radical (unpaired) electrons. The molecule has 1 saturated heterocycles. The topological polar surface area (TPSA) is 83.6 Å². The van der Waals surface area contributed by atoms with Crippen molar-refractivity contribution in [1.82, 2.24) is 10.2 Å². The number of hydrogen-bond donors (Lipinski definition) is 1. The highest BCUT2D eigenvalue weighted by molar-refractivity contribution is 8.26. The normalized spacial score (nSPS) is 22.6. The molecular formula is C18H18N2O4S3. The van der Waals surface area contributed by atoms with Crippen molar-refractivity contribution in [2.24, 2.45) is 0 Å². The summed E-state index contributed by atoms with van der Waals surface area (Å²) in [6.45, 7) is 0.350. The van der Waals surface area contributed by atoms with Crippen LogP contribution in [0.3, 0.4) is 0 Å². The molecule has 1 aromatic rings. The Morgan fingerprint density at radius 1 is 1.33 bits per heavy atom. The van der Waals surface area contributed by atoms with Gasteiger partial charge in [-0.25, -0.2) is 8.42 Å². The molecule has 142 valence electrons. The summed E-state index contributed by atoms with van der Waals surface area (Å²) in [5, 5.41) is 3.79. The van der Waals surface area contributed by atoms with Crippen LogP contribution in [0.15, 0.2) is 46.7 Å². The number of hydrogen-bond acceptors (Lipinski definition) is 6. The van der Waals surface area contributed by atoms with Crippen molar-refractivity contribution in [2.75, 3.05) is 12.3 Å². The number of thioether (sulfide) groups is 1. The van der Waals surface area contributed by atoms with Gasteiger partial charge in [0, 0.05) is 18.4 Å². The lowest BCUT2D eigenvalue weighted by atomic mass is 10.2. The molecule has 0 saturated carbocycles. The lowest BCUT2D eigenvalue weighted by Gasteiger charge is -2.15. The van der Waals surface area contributed by atoms with E-state index in [1.165, 1.54) is 22.7 Å². The number of sulfone groups is 1. The fourth-order valence-corrected chi connectivity index (χ4v) is 5.28. The molecule has 9 heteroatoms. The molecule has 0 aromatic heterocycles. The molecule has 2 aliphatic heterocycles. The van der Waals surface area contributed by atoms with Gasteiger partial charge in [0.15, 0.2) is 9.84 Å². The Balaban J connectivity index is 1.49. The third-order valence-electron chi connectivity index (χ3n) is 4.03. The Bertz CT molecular complexity index is 923. The Morgan fingerprint density at radius 2 is 2.07 bits per heavy atom. The van der Waals surface area contributed by atoms with E-state index in [1.54, 1.807) is 6.08 Å². The first-order chi connectivity index (χ1) is 12.8. The van der Waals surface area contributed by atoms with E-state index in [-0.39, 0.29) is 24.0 Å². The van der Waals surface area contributed by atoms with E-state index < -0.39 is 15.9 Å². The predicted molar refractivity (Wildman–Crippen MR) is 110 cm³/mol. The van der Waals surface area contributed by atoms with Crippen molar-refractivity contribution >= 4 is 56.0 Å². The van der Waals surface area contributed by atoms with Crippen LogP contribution in [0, 0.1) is 0 Å². The van der Waals surface area contributed by atoms with Crippen molar-refractivity contribution in [1.29, 1.82) is 0 Å². The van der Waals surface area contributed by atoms with Crippen molar-refractivity contribution in [3.05, 3.63) is 52.3 Å². The number of nitrogens with one attached hydrogen (secondary N) is 1. The molecule has 0 unspecified atom stereocenters. The average Bonchev–Trinajstić information content (AvgIpc) is 3.08. The van der Waals surface area contributed by atoms with E-state index in [1.807, 2.05) is 30.3 Å². The quantitative estimate of drug-likeness (QED) is 0.558. The molecule has 0 spiro atoms. The smallest absolute Gasteiger partial charge is 0.266 e. The first-order valence-electron chi connectivity index (χ1n) is 8.35. The Hall–Kier alpha value is -1.97. The highest BCUT2D eigenvalue weighted by atomic mass is 32.2. The highest BCUT2D eigenvalue weighted by Gasteiger charge is 2.31. The number of nitrogens with zero attached hydrogens (tertiary/aromatic N) is 1. The largest absolute Gasteiger partial charge is 0.349 e. The molecule has 1 N–H and O–H groups in total. The molecule has 6 nitrogen and oxygen atoms in total. The van der Waals surface area contributed by atoms with Gasteiger partial charge in [0.2, 0.25) is 5.91 Å². The second kappa shape index (κ2) is 8.37. The molecule has 2 aliphatic rings. The fraction of sp³-hybridized carbons (Fsp3) is 0.278. The number of amides is 2. The maximum absolute atomic E-state index is 12.5. The minimum atomic E-state index is -3.20. The molecule has 27 heavy (non-hydrogen) atoms. The van der Waals surface area contributed by atoms with Gasteiger partial charge in [-0.2, -0.15) is 0 Å². The van der Waals surface area contributed by atoms with Crippen LogP contribution in [-0.4, -0.2) is 47.8 Å². The average molecular weight is 423 g/mol. The van der Waals surface area contributed by atoms with Gasteiger partial charge < -0.3 is 5.32 Å². The van der Waals surface area contributed by atoms with E-state index >= 15 is 0 Å². The number of carbonyl (C=O) groups is 2. The standard InChI is InChI=1S/C18H18N2O4S3/c21-16(19-14-8-10-27(23,24)12-14)7-4-9-20-17(22)15(26-18(20)25)11-13-5-2-1-3-6-13/h1-3,5-6,8,10-11,14H,4,7,9,12H2,(H,19,21)/b15-11+/t14-/m0/s1. The van der Waals surface area contributed by atoms with E-state index in [2.05, 4.69) is 5.32 Å². The van der Waals surface area contributed by atoms with Gasteiger partial charge in [0.05, 0.1) is 16.7 Å². The van der Waals surface area contributed by atoms with Crippen LogP contribution in [0.5, 0.6) is 0 Å². The van der Waals surface area contributed by atoms with Crippen LogP contribution in [-0.2, 0) is 19.4 Å². The van der Waals surface area contributed by atoms with Gasteiger partial charge in [-0.05, 0) is 24.1 Å². The van der Waals surface area contributed by atoms with Crippen molar-refractivity contribution in [3.63, 3.8) is 0 Å². The lowest BCUT2D eigenvalue weighted by Crippen LogP contribution is -2.36. The summed E-state index contributed by atoms with van der Waals surface area (Å²) >= 11 is 6.54. The van der Waals surface area contributed by atoms with Gasteiger partial charge in [-0.3, -0.25) is 14.5 Å². The van der Waals surface area contributed by atoms with Crippen molar-refractivity contribution in [3.8, 4) is 0 Å². The fourth-order valence-electron chi connectivity index (χ4n) is 2.74.